The number of nitro groups is 1. The molecule has 0 amide bonds. The van der Waals surface area contributed by atoms with Crippen molar-refractivity contribution in [1.82, 2.24) is 0 Å². The number of rotatable bonds is 4. The second-order valence-electron chi connectivity index (χ2n) is 4.05. The van der Waals surface area contributed by atoms with Crippen LogP contribution in [0.2, 0.25) is 5.02 Å². The van der Waals surface area contributed by atoms with Crippen molar-refractivity contribution in [2.75, 3.05) is 5.32 Å². The monoisotopic (exact) mass is 466 g/mol. The first-order valence-electron chi connectivity index (χ1n) is 5.58. The molecule has 0 aliphatic heterocycles. The van der Waals surface area contributed by atoms with Crippen molar-refractivity contribution in [2.24, 2.45) is 0 Å². The third kappa shape index (κ3) is 4.07. The van der Waals surface area contributed by atoms with Gasteiger partial charge in [0.05, 0.1) is 4.92 Å². The smallest absolute Gasteiger partial charge is 0.270 e. The van der Waals surface area contributed by atoms with Gasteiger partial charge in [0, 0.05) is 37.4 Å². The number of nitrogens with one attached hydrogen (secondary N) is 1. The van der Waals surface area contributed by atoms with Crippen LogP contribution in [0.5, 0.6) is 0 Å². The predicted molar refractivity (Wildman–Crippen MR) is 92.3 cm³/mol. The Morgan fingerprint density at radius 3 is 2.70 bits per heavy atom. The van der Waals surface area contributed by atoms with Gasteiger partial charge in [-0.3, -0.25) is 10.1 Å². The van der Waals surface area contributed by atoms with E-state index in [1.807, 2.05) is 18.2 Å². The van der Waals surface area contributed by atoms with Crippen molar-refractivity contribution in [3.63, 3.8) is 0 Å². The predicted octanol–water partition coefficient (Wildman–Crippen LogP) is 5.23. The molecule has 104 valence electrons. The molecule has 2 aromatic carbocycles. The third-order valence-corrected chi connectivity index (χ3v) is 4.15. The standard InChI is InChI=1S/C13H9BrClIN2O2/c14-9-3-8(4-11(5-9)18(19)20)7-17-13-2-1-10(15)6-12(13)16/h1-6,17H,7H2. The molecule has 1 N–H and O–H groups in total. The van der Waals surface area contributed by atoms with Crippen molar-refractivity contribution >= 4 is 61.5 Å². The summed E-state index contributed by atoms with van der Waals surface area (Å²) in [6.45, 7) is 0.498. The van der Waals surface area contributed by atoms with Crippen LogP contribution in [-0.4, -0.2) is 4.92 Å². The van der Waals surface area contributed by atoms with Crippen LogP contribution in [0.4, 0.5) is 11.4 Å². The molecule has 20 heavy (non-hydrogen) atoms. The molecule has 0 spiro atoms. The van der Waals surface area contributed by atoms with Gasteiger partial charge < -0.3 is 5.32 Å². The second kappa shape index (κ2) is 6.73. The minimum absolute atomic E-state index is 0.0713. The topological polar surface area (TPSA) is 55.2 Å². The normalized spacial score (nSPS) is 10.3. The molecule has 2 aromatic rings. The van der Waals surface area contributed by atoms with E-state index < -0.39 is 4.92 Å². The van der Waals surface area contributed by atoms with E-state index in [1.165, 1.54) is 6.07 Å². The Balaban J connectivity index is 2.16. The van der Waals surface area contributed by atoms with Crippen molar-refractivity contribution in [3.8, 4) is 0 Å². The molecule has 0 unspecified atom stereocenters. The number of non-ortho nitro benzene ring substituents is 1. The van der Waals surface area contributed by atoms with Crippen LogP contribution in [0.3, 0.4) is 0 Å². The molecule has 0 aliphatic rings. The minimum atomic E-state index is -0.402. The van der Waals surface area contributed by atoms with Crippen LogP contribution in [-0.2, 0) is 6.54 Å². The van der Waals surface area contributed by atoms with Gasteiger partial charge in [-0.1, -0.05) is 27.5 Å². The number of halogens is 3. The molecule has 7 heteroatoms. The van der Waals surface area contributed by atoms with Gasteiger partial charge in [0.25, 0.3) is 5.69 Å². The summed E-state index contributed by atoms with van der Waals surface area (Å²) in [6.07, 6.45) is 0. The Kier molecular flexibility index (Phi) is 5.22. The van der Waals surface area contributed by atoms with Gasteiger partial charge in [-0.05, 0) is 52.4 Å². The van der Waals surface area contributed by atoms with E-state index in [-0.39, 0.29) is 5.69 Å². The summed E-state index contributed by atoms with van der Waals surface area (Å²) in [6, 6.07) is 10.4. The fourth-order valence-electron chi connectivity index (χ4n) is 1.67. The fraction of sp³-hybridized carbons (Fsp3) is 0.0769. The maximum atomic E-state index is 10.8. The molecule has 4 nitrogen and oxygen atoms in total. The average Bonchev–Trinajstić information content (AvgIpc) is 2.37. The Labute approximate surface area is 142 Å². The summed E-state index contributed by atoms with van der Waals surface area (Å²) in [5.41, 5.74) is 1.84. The summed E-state index contributed by atoms with van der Waals surface area (Å²) < 4.78 is 1.69. The first kappa shape index (κ1) is 15.5. The largest absolute Gasteiger partial charge is 0.380 e. The zero-order valence-corrected chi connectivity index (χ0v) is 14.6. The Bertz CT molecular complexity index is 667. The van der Waals surface area contributed by atoms with E-state index in [9.17, 15) is 10.1 Å². The summed E-state index contributed by atoms with van der Waals surface area (Å²) in [5, 5.41) is 14.7. The molecule has 0 aliphatic carbocycles. The molecular weight excluding hydrogens is 458 g/mol. The van der Waals surface area contributed by atoms with Crippen LogP contribution in [0, 0.1) is 13.7 Å². The van der Waals surface area contributed by atoms with Crippen molar-refractivity contribution in [2.45, 2.75) is 6.54 Å². The van der Waals surface area contributed by atoms with Crippen LogP contribution in [0.1, 0.15) is 5.56 Å². The third-order valence-electron chi connectivity index (χ3n) is 2.57. The SMILES string of the molecule is O=[N+]([O-])c1cc(Br)cc(CNc2ccc(Cl)cc2I)c1. The fourth-order valence-corrected chi connectivity index (χ4v) is 3.26. The van der Waals surface area contributed by atoms with Crippen LogP contribution in [0.15, 0.2) is 40.9 Å². The van der Waals surface area contributed by atoms with E-state index in [0.29, 0.717) is 16.0 Å². The zero-order chi connectivity index (χ0) is 14.7. The minimum Gasteiger partial charge on any atom is -0.380 e. The molecule has 0 bridgehead atoms. The number of nitrogens with zero attached hydrogens (tertiary/aromatic N) is 1. The summed E-state index contributed by atoms with van der Waals surface area (Å²) in [4.78, 5) is 10.4. The quantitative estimate of drug-likeness (QED) is 0.381. The van der Waals surface area contributed by atoms with E-state index in [1.54, 1.807) is 12.1 Å². The maximum absolute atomic E-state index is 10.8. The highest BCUT2D eigenvalue weighted by Crippen LogP contribution is 2.25. The Morgan fingerprint density at radius 2 is 2.05 bits per heavy atom. The summed E-state index contributed by atoms with van der Waals surface area (Å²) >= 11 is 11.4. The number of hydrogen-bond donors (Lipinski definition) is 1. The van der Waals surface area contributed by atoms with Crippen molar-refractivity contribution in [1.29, 1.82) is 0 Å². The molecule has 0 saturated carbocycles. The molecule has 0 saturated heterocycles. The van der Waals surface area contributed by atoms with E-state index in [0.717, 1.165) is 14.8 Å². The van der Waals surface area contributed by atoms with E-state index in [2.05, 4.69) is 43.8 Å². The second-order valence-corrected chi connectivity index (χ2v) is 6.57. The van der Waals surface area contributed by atoms with Gasteiger partial charge in [-0.15, -0.1) is 0 Å². The first-order chi connectivity index (χ1) is 9.45. The average molecular weight is 467 g/mol. The Morgan fingerprint density at radius 1 is 1.30 bits per heavy atom. The van der Waals surface area contributed by atoms with E-state index in [4.69, 9.17) is 11.6 Å². The van der Waals surface area contributed by atoms with Gasteiger partial charge in [-0.2, -0.15) is 0 Å². The Hall–Kier alpha value is -0.860. The van der Waals surface area contributed by atoms with Gasteiger partial charge in [-0.25, -0.2) is 0 Å². The summed E-state index contributed by atoms with van der Waals surface area (Å²) in [5.74, 6) is 0. The van der Waals surface area contributed by atoms with Gasteiger partial charge in [0.2, 0.25) is 0 Å². The van der Waals surface area contributed by atoms with Crippen molar-refractivity contribution < 1.29 is 4.92 Å². The molecule has 0 aromatic heterocycles. The lowest BCUT2D eigenvalue weighted by atomic mass is 10.2. The lowest BCUT2D eigenvalue weighted by molar-refractivity contribution is -0.385. The first-order valence-corrected chi connectivity index (χ1v) is 7.83. The van der Waals surface area contributed by atoms with Crippen LogP contribution in [0.25, 0.3) is 0 Å². The number of nitro benzene ring substituents is 1. The highest BCUT2D eigenvalue weighted by molar-refractivity contribution is 14.1. The molecule has 0 fully saturated rings. The van der Waals surface area contributed by atoms with Crippen LogP contribution >= 0.6 is 50.1 Å². The molecule has 0 heterocycles. The zero-order valence-electron chi connectivity index (χ0n) is 10.1. The highest BCUT2D eigenvalue weighted by atomic mass is 127. The van der Waals surface area contributed by atoms with E-state index >= 15 is 0 Å². The molecular formula is C13H9BrClIN2O2. The van der Waals surface area contributed by atoms with Crippen molar-refractivity contribution in [3.05, 3.63) is 65.1 Å². The summed E-state index contributed by atoms with van der Waals surface area (Å²) in [7, 11) is 0. The molecule has 0 radical (unpaired) electrons. The van der Waals surface area contributed by atoms with Gasteiger partial charge in [0.15, 0.2) is 0 Å². The van der Waals surface area contributed by atoms with Gasteiger partial charge >= 0.3 is 0 Å². The number of anilines is 1. The lowest BCUT2D eigenvalue weighted by Gasteiger charge is -2.09. The molecule has 0 atom stereocenters. The highest BCUT2D eigenvalue weighted by Gasteiger charge is 2.09. The van der Waals surface area contributed by atoms with Gasteiger partial charge in [0.1, 0.15) is 0 Å². The number of benzene rings is 2. The number of hydrogen-bond acceptors (Lipinski definition) is 3. The van der Waals surface area contributed by atoms with Crippen LogP contribution < -0.4 is 5.32 Å². The maximum Gasteiger partial charge on any atom is 0.270 e. The molecule has 2 rings (SSSR count). The lowest BCUT2D eigenvalue weighted by Crippen LogP contribution is -2.02.